The third-order valence-corrected chi connectivity index (χ3v) is 5.87. The summed E-state index contributed by atoms with van der Waals surface area (Å²) in [7, 11) is 0. The number of carbonyl (C=O) groups is 1. The average molecular weight is 371 g/mol. The van der Waals surface area contributed by atoms with Crippen molar-refractivity contribution in [2.24, 2.45) is 0 Å². The van der Waals surface area contributed by atoms with E-state index in [1.54, 1.807) is 23.7 Å². The maximum Gasteiger partial charge on any atom is 0.256 e. The summed E-state index contributed by atoms with van der Waals surface area (Å²) in [5.74, 6) is -0.00838. The Kier molecular flexibility index (Phi) is 3.87. The number of para-hydroxylation sites is 1. The first-order valence-electron chi connectivity index (χ1n) is 8.83. The zero-order chi connectivity index (χ0) is 18.2. The van der Waals surface area contributed by atoms with Crippen LogP contribution in [-0.4, -0.2) is 20.4 Å². The van der Waals surface area contributed by atoms with E-state index in [0.29, 0.717) is 12.1 Å². The van der Waals surface area contributed by atoms with Gasteiger partial charge in [-0.1, -0.05) is 24.3 Å². The summed E-state index contributed by atoms with van der Waals surface area (Å²) in [4.78, 5) is 20.7. The van der Waals surface area contributed by atoms with Gasteiger partial charge in [0.05, 0.1) is 16.9 Å². The maximum absolute atomic E-state index is 13.5. The molecule has 4 nitrogen and oxygen atoms in total. The number of rotatable bonds is 2. The number of nitrogens with zero attached hydrogens (tertiary/aromatic N) is 3. The second-order valence-corrected chi connectivity index (χ2v) is 7.50. The van der Waals surface area contributed by atoms with E-state index in [1.165, 1.54) is 0 Å². The highest BCUT2D eigenvalue weighted by atomic mass is 32.1. The SMILES string of the molecule is O=C(c1cccnc1)N1Cc2ccccc2-n2cccc2C1c1cccs1. The zero-order valence-electron chi connectivity index (χ0n) is 14.5. The van der Waals surface area contributed by atoms with Crippen LogP contribution in [0.1, 0.15) is 32.5 Å². The zero-order valence-corrected chi connectivity index (χ0v) is 15.3. The molecule has 0 saturated heterocycles. The van der Waals surface area contributed by atoms with Gasteiger partial charge in [0.1, 0.15) is 6.04 Å². The van der Waals surface area contributed by atoms with Crippen molar-refractivity contribution >= 4 is 17.2 Å². The second kappa shape index (κ2) is 6.52. The first-order valence-corrected chi connectivity index (χ1v) is 9.71. The molecule has 0 fully saturated rings. The largest absolute Gasteiger partial charge is 0.321 e. The van der Waals surface area contributed by atoms with E-state index in [-0.39, 0.29) is 11.9 Å². The van der Waals surface area contributed by atoms with Gasteiger partial charge in [-0.05, 0) is 47.3 Å². The van der Waals surface area contributed by atoms with E-state index in [0.717, 1.165) is 21.8 Å². The van der Waals surface area contributed by atoms with E-state index < -0.39 is 0 Å². The number of hydrogen-bond donors (Lipinski definition) is 0. The second-order valence-electron chi connectivity index (χ2n) is 6.52. The van der Waals surface area contributed by atoms with Crippen LogP contribution in [0.4, 0.5) is 0 Å². The molecular formula is C22H17N3OS. The fourth-order valence-corrected chi connectivity index (χ4v) is 4.59. The predicted octanol–water partition coefficient (Wildman–Crippen LogP) is 4.68. The molecule has 1 aromatic carbocycles. The van der Waals surface area contributed by atoms with Crippen molar-refractivity contribution in [1.82, 2.24) is 14.5 Å². The molecule has 3 aromatic heterocycles. The smallest absolute Gasteiger partial charge is 0.256 e. The minimum absolute atomic E-state index is 0.00838. The molecule has 27 heavy (non-hydrogen) atoms. The van der Waals surface area contributed by atoms with Crippen LogP contribution in [-0.2, 0) is 6.54 Å². The summed E-state index contributed by atoms with van der Waals surface area (Å²) in [5, 5.41) is 2.06. The van der Waals surface area contributed by atoms with Gasteiger partial charge in [0.25, 0.3) is 5.91 Å². The number of amides is 1. The molecule has 1 unspecified atom stereocenters. The Balaban J connectivity index is 1.72. The van der Waals surface area contributed by atoms with Crippen molar-refractivity contribution in [2.45, 2.75) is 12.6 Å². The van der Waals surface area contributed by atoms with Crippen LogP contribution in [0.3, 0.4) is 0 Å². The third-order valence-electron chi connectivity index (χ3n) is 4.95. The Morgan fingerprint density at radius 2 is 1.96 bits per heavy atom. The van der Waals surface area contributed by atoms with Crippen LogP contribution in [0, 0.1) is 0 Å². The van der Waals surface area contributed by atoms with E-state index in [1.807, 2.05) is 41.3 Å². The van der Waals surface area contributed by atoms with Crippen LogP contribution in [0.25, 0.3) is 5.69 Å². The molecule has 5 heteroatoms. The minimum Gasteiger partial charge on any atom is -0.321 e. The fourth-order valence-electron chi connectivity index (χ4n) is 3.74. The van der Waals surface area contributed by atoms with Crippen LogP contribution >= 0.6 is 11.3 Å². The van der Waals surface area contributed by atoms with E-state index in [9.17, 15) is 4.79 Å². The molecule has 0 aliphatic carbocycles. The van der Waals surface area contributed by atoms with Gasteiger partial charge >= 0.3 is 0 Å². The number of thiophene rings is 1. The first-order chi connectivity index (χ1) is 13.3. The highest BCUT2D eigenvalue weighted by Crippen LogP contribution is 2.38. The standard InChI is InChI=1S/C22H17N3OS/c26-22(16-7-3-11-23-14-16)25-15-17-6-1-2-8-18(17)24-12-4-9-19(24)21(25)20-10-5-13-27-20/h1-14,21H,15H2. The number of benzene rings is 1. The summed E-state index contributed by atoms with van der Waals surface area (Å²) < 4.78 is 2.20. The molecule has 0 spiro atoms. The third kappa shape index (κ3) is 2.67. The normalized spacial score (nSPS) is 15.7. The molecule has 0 N–H and O–H groups in total. The van der Waals surface area contributed by atoms with Crippen LogP contribution in [0.15, 0.2) is 84.6 Å². The Labute approximate surface area is 161 Å². The van der Waals surface area contributed by atoms with Crippen LogP contribution < -0.4 is 0 Å². The number of pyridine rings is 1. The monoisotopic (exact) mass is 371 g/mol. The molecule has 1 amide bonds. The van der Waals surface area contributed by atoms with Crippen molar-refractivity contribution in [3.8, 4) is 5.69 Å². The maximum atomic E-state index is 13.5. The Hall–Kier alpha value is -3.18. The summed E-state index contributed by atoms with van der Waals surface area (Å²) in [5.41, 5.74) is 3.96. The molecule has 4 heterocycles. The number of aromatic nitrogens is 2. The number of hydrogen-bond acceptors (Lipinski definition) is 3. The van der Waals surface area contributed by atoms with Crippen molar-refractivity contribution in [1.29, 1.82) is 0 Å². The topological polar surface area (TPSA) is 38.1 Å². The average Bonchev–Trinajstić information content (AvgIpc) is 3.39. The van der Waals surface area contributed by atoms with E-state index >= 15 is 0 Å². The molecule has 0 radical (unpaired) electrons. The predicted molar refractivity (Wildman–Crippen MR) is 106 cm³/mol. The molecule has 5 rings (SSSR count). The first kappa shape index (κ1) is 16.0. The van der Waals surface area contributed by atoms with Crippen molar-refractivity contribution in [3.05, 3.63) is 106 Å². The molecular weight excluding hydrogens is 354 g/mol. The summed E-state index contributed by atoms with van der Waals surface area (Å²) in [6, 6.07) is 20.1. The summed E-state index contributed by atoms with van der Waals surface area (Å²) >= 11 is 1.68. The lowest BCUT2D eigenvalue weighted by atomic mass is 10.1. The van der Waals surface area contributed by atoms with Crippen molar-refractivity contribution in [2.75, 3.05) is 0 Å². The Morgan fingerprint density at radius 1 is 1.04 bits per heavy atom. The van der Waals surface area contributed by atoms with E-state index in [2.05, 4.69) is 45.4 Å². The molecule has 1 atom stereocenters. The summed E-state index contributed by atoms with van der Waals surface area (Å²) in [6.45, 7) is 0.550. The molecule has 132 valence electrons. The van der Waals surface area contributed by atoms with Gasteiger partial charge in [0, 0.05) is 30.0 Å². The lowest BCUT2D eigenvalue weighted by Crippen LogP contribution is -2.34. The van der Waals surface area contributed by atoms with Crippen molar-refractivity contribution in [3.63, 3.8) is 0 Å². The molecule has 0 bridgehead atoms. The minimum atomic E-state index is -0.139. The number of carbonyl (C=O) groups excluding carboxylic acids is 1. The highest BCUT2D eigenvalue weighted by Gasteiger charge is 2.33. The van der Waals surface area contributed by atoms with Crippen LogP contribution in [0.5, 0.6) is 0 Å². The Bertz CT molecular complexity index is 1090. The van der Waals surface area contributed by atoms with Gasteiger partial charge in [-0.3, -0.25) is 9.78 Å². The molecule has 1 aliphatic rings. The summed E-state index contributed by atoms with van der Waals surface area (Å²) in [6.07, 6.45) is 5.41. The Morgan fingerprint density at radius 3 is 2.78 bits per heavy atom. The van der Waals surface area contributed by atoms with Gasteiger partial charge in [-0.15, -0.1) is 11.3 Å². The lowest BCUT2D eigenvalue weighted by Gasteiger charge is -2.29. The van der Waals surface area contributed by atoms with Gasteiger partial charge in [0.2, 0.25) is 0 Å². The molecule has 1 aliphatic heterocycles. The van der Waals surface area contributed by atoms with Gasteiger partial charge < -0.3 is 9.47 Å². The quantitative estimate of drug-likeness (QED) is 0.513. The van der Waals surface area contributed by atoms with Crippen molar-refractivity contribution < 1.29 is 4.79 Å². The highest BCUT2D eigenvalue weighted by molar-refractivity contribution is 7.10. The number of fused-ring (bicyclic) bond motifs is 3. The lowest BCUT2D eigenvalue weighted by molar-refractivity contribution is 0.0693. The van der Waals surface area contributed by atoms with Gasteiger partial charge in [-0.2, -0.15) is 0 Å². The molecule has 4 aromatic rings. The molecule has 0 saturated carbocycles. The van der Waals surface area contributed by atoms with E-state index in [4.69, 9.17) is 0 Å². The fraction of sp³-hybridized carbons (Fsp3) is 0.0909. The van der Waals surface area contributed by atoms with Crippen LogP contribution in [0.2, 0.25) is 0 Å². The van der Waals surface area contributed by atoms with Gasteiger partial charge in [0.15, 0.2) is 0 Å². The van der Waals surface area contributed by atoms with Gasteiger partial charge in [-0.25, -0.2) is 0 Å².